The van der Waals surface area contributed by atoms with Crippen molar-refractivity contribution in [1.29, 1.82) is 0 Å². The summed E-state index contributed by atoms with van der Waals surface area (Å²) in [5.41, 5.74) is 7.32. The molecular weight excluding hydrogens is 350 g/mol. The average Bonchev–Trinajstić information content (AvgIpc) is 3.05. The molecular formula is C22H27N5O. The van der Waals surface area contributed by atoms with E-state index >= 15 is 0 Å². The second-order valence-corrected chi connectivity index (χ2v) is 7.76. The van der Waals surface area contributed by atoms with Crippen molar-refractivity contribution < 1.29 is 4.79 Å². The summed E-state index contributed by atoms with van der Waals surface area (Å²) in [5, 5.41) is 1.18. The normalized spacial score (nSPS) is 14.8. The molecule has 0 radical (unpaired) electrons. The van der Waals surface area contributed by atoms with E-state index in [0.29, 0.717) is 13.1 Å². The largest absolute Gasteiger partial charge is 0.353 e. The average molecular weight is 377 g/mol. The zero-order valence-electron chi connectivity index (χ0n) is 17.3. The Morgan fingerprint density at radius 3 is 2.29 bits per heavy atom. The zero-order valence-corrected chi connectivity index (χ0v) is 17.3. The van der Waals surface area contributed by atoms with Crippen LogP contribution in [0.1, 0.15) is 38.4 Å². The van der Waals surface area contributed by atoms with Gasteiger partial charge in [-0.25, -0.2) is 9.97 Å². The van der Waals surface area contributed by atoms with Crippen LogP contribution in [0.2, 0.25) is 0 Å². The molecule has 1 aliphatic rings. The van der Waals surface area contributed by atoms with Crippen LogP contribution < -0.4 is 4.90 Å². The molecule has 0 saturated carbocycles. The number of carbonyl (C=O) groups is 1. The maximum atomic E-state index is 13.2. The summed E-state index contributed by atoms with van der Waals surface area (Å²) in [6, 6.07) is 4.23. The Morgan fingerprint density at radius 2 is 1.61 bits per heavy atom. The summed E-state index contributed by atoms with van der Waals surface area (Å²) in [5.74, 6) is 1.07. The molecule has 6 heteroatoms. The van der Waals surface area contributed by atoms with Gasteiger partial charge >= 0.3 is 0 Å². The van der Waals surface area contributed by atoms with E-state index in [1.807, 2.05) is 18.7 Å². The van der Waals surface area contributed by atoms with Gasteiger partial charge in [-0.2, -0.15) is 0 Å². The van der Waals surface area contributed by atoms with Gasteiger partial charge in [-0.05, 0) is 51.3 Å². The number of hydrogen-bond acceptors (Lipinski definition) is 4. The number of rotatable bonds is 2. The summed E-state index contributed by atoms with van der Waals surface area (Å²) in [6.07, 6.45) is 1.62. The smallest absolute Gasteiger partial charge is 0.270 e. The number of benzene rings is 1. The number of nitrogens with one attached hydrogen (secondary N) is 1. The Morgan fingerprint density at radius 1 is 0.929 bits per heavy atom. The highest BCUT2D eigenvalue weighted by molar-refractivity contribution is 6.02. The summed E-state index contributed by atoms with van der Waals surface area (Å²) in [4.78, 5) is 29.5. The standard InChI is InChI=1S/C22H27N5O/c1-13-6-7-14(2)19-18(13)16(4)20(25-19)22(28)27-10-8-26(9-11-27)21-15(3)17(5)23-12-24-21/h6-7,12,25H,8-11H2,1-5H3. The Bertz CT molecular complexity index is 1060. The molecule has 28 heavy (non-hydrogen) atoms. The second-order valence-electron chi connectivity index (χ2n) is 7.76. The number of hydrogen-bond donors (Lipinski definition) is 1. The van der Waals surface area contributed by atoms with Crippen LogP contribution in [-0.2, 0) is 0 Å². The highest BCUT2D eigenvalue weighted by Crippen LogP contribution is 2.29. The first-order chi connectivity index (χ1) is 13.4. The Balaban J connectivity index is 1.56. The van der Waals surface area contributed by atoms with Crippen molar-refractivity contribution in [3.8, 4) is 0 Å². The first-order valence-corrected chi connectivity index (χ1v) is 9.79. The van der Waals surface area contributed by atoms with Gasteiger partial charge in [0.2, 0.25) is 0 Å². The molecule has 0 bridgehead atoms. The number of piperazine rings is 1. The fourth-order valence-electron chi connectivity index (χ4n) is 4.14. The van der Waals surface area contributed by atoms with Gasteiger partial charge in [-0.1, -0.05) is 12.1 Å². The third-order valence-corrected chi connectivity index (χ3v) is 6.01. The lowest BCUT2D eigenvalue weighted by molar-refractivity contribution is 0.0741. The van der Waals surface area contributed by atoms with E-state index in [2.05, 4.69) is 52.8 Å². The predicted molar refractivity (Wildman–Crippen MR) is 112 cm³/mol. The monoisotopic (exact) mass is 377 g/mol. The lowest BCUT2D eigenvalue weighted by Crippen LogP contribution is -2.49. The molecule has 1 saturated heterocycles. The molecule has 2 aromatic heterocycles. The van der Waals surface area contributed by atoms with Crippen LogP contribution in [0.3, 0.4) is 0 Å². The molecule has 1 amide bonds. The molecule has 6 nitrogen and oxygen atoms in total. The molecule has 3 aromatic rings. The van der Waals surface area contributed by atoms with Gasteiger partial charge in [0, 0.05) is 48.3 Å². The lowest BCUT2D eigenvalue weighted by atomic mass is 10.0. The molecule has 0 unspecified atom stereocenters. The minimum atomic E-state index is 0.0859. The van der Waals surface area contributed by atoms with Crippen LogP contribution in [-0.4, -0.2) is 51.9 Å². The number of aryl methyl sites for hydroxylation is 4. The molecule has 0 atom stereocenters. The van der Waals surface area contributed by atoms with Crippen LogP contribution in [0, 0.1) is 34.6 Å². The van der Waals surface area contributed by atoms with Crippen LogP contribution in [0.5, 0.6) is 0 Å². The lowest BCUT2D eigenvalue weighted by Gasteiger charge is -2.36. The number of fused-ring (bicyclic) bond motifs is 1. The first-order valence-electron chi connectivity index (χ1n) is 9.79. The van der Waals surface area contributed by atoms with Gasteiger partial charge in [0.15, 0.2) is 0 Å². The second kappa shape index (κ2) is 6.93. The van der Waals surface area contributed by atoms with E-state index in [-0.39, 0.29) is 5.91 Å². The number of amides is 1. The topological polar surface area (TPSA) is 65.1 Å². The van der Waals surface area contributed by atoms with Crippen molar-refractivity contribution >= 4 is 22.6 Å². The van der Waals surface area contributed by atoms with Crippen LogP contribution in [0.25, 0.3) is 10.9 Å². The number of anilines is 1. The SMILES string of the molecule is Cc1ncnc(N2CCN(C(=O)c3[nH]c4c(C)ccc(C)c4c3C)CC2)c1C. The third kappa shape index (κ3) is 2.93. The maximum Gasteiger partial charge on any atom is 0.270 e. The summed E-state index contributed by atoms with van der Waals surface area (Å²) in [6.45, 7) is 13.2. The number of carbonyl (C=O) groups excluding carboxylic acids is 1. The van der Waals surface area contributed by atoms with E-state index in [1.54, 1.807) is 6.33 Å². The third-order valence-electron chi connectivity index (χ3n) is 6.01. The molecule has 1 aromatic carbocycles. The van der Waals surface area contributed by atoms with E-state index < -0.39 is 0 Å². The van der Waals surface area contributed by atoms with Crippen molar-refractivity contribution in [2.24, 2.45) is 0 Å². The van der Waals surface area contributed by atoms with Crippen LogP contribution in [0.15, 0.2) is 18.5 Å². The van der Waals surface area contributed by atoms with Crippen LogP contribution in [0.4, 0.5) is 5.82 Å². The molecule has 4 rings (SSSR count). The quantitative estimate of drug-likeness (QED) is 0.743. The van der Waals surface area contributed by atoms with Gasteiger partial charge in [0.25, 0.3) is 5.91 Å². The van der Waals surface area contributed by atoms with Crippen LogP contribution >= 0.6 is 0 Å². The highest BCUT2D eigenvalue weighted by Gasteiger charge is 2.27. The minimum absolute atomic E-state index is 0.0859. The maximum absolute atomic E-state index is 13.2. The van der Waals surface area contributed by atoms with Gasteiger partial charge in [-0.3, -0.25) is 4.79 Å². The molecule has 3 heterocycles. The Labute approximate surface area is 165 Å². The number of H-pyrrole nitrogens is 1. The summed E-state index contributed by atoms with van der Waals surface area (Å²) >= 11 is 0. The fraction of sp³-hybridized carbons (Fsp3) is 0.409. The first kappa shape index (κ1) is 18.5. The molecule has 146 valence electrons. The van der Waals surface area contributed by atoms with Gasteiger partial charge in [0.1, 0.15) is 17.8 Å². The summed E-state index contributed by atoms with van der Waals surface area (Å²) in [7, 11) is 0. The van der Waals surface area contributed by atoms with Crippen molar-refractivity contribution in [3.05, 3.63) is 52.1 Å². The fourth-order valence-corrected chi connectivity index (χ4v) is 4.14. The number of aromatic nitrogens is 3. The van der Waals surface area contributed by atoms with E-state index in [0.717, 1.165) is 46.9 Å². The number of aromatic amines is 1. The van der Waals surface area contributed by atoms with Gasteiger partial charge < -0.3 is 14.8 Å². The molecule has 1 fully saturated rings. The molecule has 1 N–H and O–H groups in total. The van der Waals surface area contributed by atoms with Gasteiger partial charge in [-0.15, -0.1) is 0 Å². The van der Waals surface area contributed by atoms with E-state index in [4.69, 9.17) is 0 Å². The minimum Gasteiger partial charge on any atom is -0.353 e. The Kier molecular flexibility index (Phi) is 4.57. The summed E-state index contributed by atoms with van der Waals surface area (Å²) < 4.78 is 0. The predicted octanol–water partition coefficient (Wildman–Crippen LogP) is 3.46. The molecule has 0 aliphatic carbocycles. The van der Waals surface area contributed by atoms with Crippen molar-refractivity contribution in [1.82, 2.24) is 19.9 Å². The highest BCUT2D eigenvalue weighted by atomic mass is 16.2. The van der Waals surface area contributed by atoms with Crippen molar-refractivity contribution in [3.63, 3.8) is 0 Å². The van der Waals surface area contributed by atoms with Gasteiger partial charge in [0.05, 0.1) is 0 Å². The van der Waals surface area contributed by atoms with Crippen molar-refractivity contribution in [2.75, 3.05) is 31.1 Å². The Hall–Kier alpha value is -2.89. The number of nitrogens with zero attached hydrogens (tertiary/aromatic N) is 4. The molecule has 1 aliphatic heterocycles. The molecule has 0 spiro atoms. The van der Waals surface area contributed by atoms with E-state index in [9.17, 15) is 4.79 Å². The zero-order chi connectivity index (χ0) is 20.0. The van der Waals surface area contributed by atoms with E-state index in [1.165, 1.54) is 16.5 Å². The van der Waals surface area contributed by atoms with Crippen molar-refractivity contribution in [2.45, 2.75) is 34.6 Å².